The molecule has 0 radical (unpaired) electrons. The molecule has 0 atom stereocenters. The minimum absolute atomic E-state index is 0.0690. The summed E-state index contributed by atoms with van der Waals surface area (Å²) >= 11 is 0. The highest BCUT2D eigenvalue weighted by Crippen LogP contribution is 2.37. The van der Waals surface area contributed by atoms with Gasteiger partial charge in [0.2, 0.25) is 0 Å². The van der Waals surface area contributed by atoms with Crippen LogP contribution in [0.3, 0.4) is 0 Å². The van der Waals surface area contributed by atoms with E-state index >= 15 is 0 Å². The summed E-state index contributed by atoms with van der Waals surface area (Å²) in [5.74, 6) is 1.53. The molecule has 0 spiro atoms. The summed E-state index contributed by atoms with van der Waals surface area (Å²) in [7, 11) is 3.94. The number of hydrogen-bond donors (Lipinski definition) is 0. The fraction of sp³-hybridized carbons (Fsp3) is 0.0455. The summed E-state index contributed by atoms with van der Waals surface area (Å²) < 4.78 is 4.08. The molecular weight excluding hydrogens is 677 g/mol. The normalized spacial score (nSPS) is 10.7. The molecule has 0 saturated heterocycles. The largest absolute Gasteiger partial charge is 0.327 e. The quantitative estimate of drug-likeness (QED) is 0.114. The first kappa shape index (κ1) is 35.0. The molecule has 54 heavy (non-hydrogen) atoms. The summed E-state index contributed by atoms with van der Waals surface area (Å²) in [6.45, 7) is 0. The molecule has 264 valence electrons. The number of aromatic nitrogens is 4. The first-order valence-electron chi connectivity index (χ1n) is 17.1. The van der Waals surface area contributed by atoms with Crippen molar-refractivity contribution in [2.24, 2.45) is 14.1 Å². The Morgan fingerprint density at radius 2 is 0.667 bits per heavy atom. The van der Waals surface area contributed by atoms with E-state index in [1.165, 1.54) is 24.3 Å². The molecule has 0 aliphatic rings. The predicted molar refractivity (Wildman–Crippen MR) is 212 cm³/mol. The molecule has 2 heterocycles. The lowest BCUT2D eigenvalue weighted by molar-refractivity contribution is -0.385. The maximum Gasteiger partial charge on any atom is 0.269 e. The highest BCUT2D eigenvalue weighted by atomic mass is 16.6. The van der Waals surface area contributed by atoms with E-state index in [0.29, 0.717) is 0 Å². The number of hydrogen-bond acceptors (Lipinski definition) is 6. The minimum Gasteiger partial charge on any atom is -0.327 e. The van der Waals surface area contributed by atoms with Gasteiger partial charge < -0.3 is 9.13 Å². The molecule has 8 aromatic rings. The van der Waals surface area contributed by atoms with Crippen LogP contribution in [-0.2, 0) is 14.1 Å². The van der Waals surface area contributed by atoms with Gasteiger partial charge in [-0.2, -0.15) is 0 Å². The lowest BCUT2D eigenvalue weighted by atomic mass is 10.1. The van der Waals surface area contributed by atoms with Crippen LogP contribution in [-0.4, -0.2) is 28.9 Å². The van der Waals surface area contributed by atoms with E-state index in [9.17, 15) is 20.2 Å². The van der Waals surface area contributed by atoms with Gasteiger partial charge in [0.1, 0.15) is 11.6 Å². The van der Waals surface area contributed by atoms with Crippen LogP contribution in [0.15, 0.2) is 170 Å². The van der Waals surface area contributed by atoms with Gasteiger partial charge in [-0.15, -0.1) is 0 Å². The monoisotopic (exact) mass is 710 g/mol. The van der Waals surface area contributed by atoms with Crippen LogP contribution in [0, 0.1) is 20.2 Å². The van der Waals surface area contributed by atoms with Crippen molar-refractivity contribution >= 4 is 11.4 Å². The second-order valence-electron chi connectivity index (χ2n) is 12.5. The molecule has 0 N–H and O–H groups in total. The number of imidazole rings is 2. The zero-order valence-corrected chi connectivity index (χ0v) is 29.5. The summed E-state index contributed by atoms with van der Waals surface area (Å²) in [5.41, 5.74) is 9.80. The number of nitro benzene ring substituents is 2. The van der Waals surface area contributed by atoms with E-state index in [-0.39, 0.29) is 11.4 Å². The number of non-ortho nitro benzene ring substituents is 2. The molecule has 0 aliphatic carbocycles. The van der Waals surface area contributed by atoms with E-state index < -0.39 is 9.85 Å². The molecule has 0 unspecified atom stereocenters. The van der Waals surface area contributed by atoms with Gasteiger partial charge in [-0.25, -0.2) is 9.97 Å². The Labute approximate surface area is 311 Å². The van der Waals surface area contributed by atoms with Crippen LogP contribution in [0.4, 0.5) is 11.4 Å². The third kappa shape index (κ3) is 7.17. The second-order valence-corrected chi connectivity index (χ2v) is 12.5. The third-order valence-corrected chi connectivity index (χ3v) is 9.05. The zero-order valence-electron chi connectivity index (χ0n) is 29.5. The Morgan fingerprint density at radius 3 is 0.944 bits per heavy atom. The van der Waals surface area contributed by atoms with Crippen LogP contribution in [0.5, 0.6) is 0 Å². The van der Waals surface area contributed by atoms with Crippen LogP contribution in [0.1, 0.15) is 0 Å². The molecule has 0 amide bonds. The van der Waals surface area contributed by atoms with Gasteiger partial charge in [0.25, 0.3) is 11.4 Å². The lowest BCUT2D eigenvalue weighted by Crippen LogP contribution is -1.96. The van der Waals surface area contributed by atoms with Gasteiger partial charge >= 0.3 is 0 Å². The fourth-order valence-corrected chi connectivity index (χ4v) is 6.43. The molecular formula is C44H34N6O4. The molecule has 2 aromatic heterocycles. The second kappa shape index (κ2) is 15.4. The number of nitro groups is 2. The van der Waals surface area contributed by atoms with Crippen molar-refractivity contribution in [3.05, 3.63) is 190 Å². The first-order chi connectivity index (χ1) is 26.3. The average Bonchev–Trinajstić information content (AvgIpc) is 3.76. The van der Waals surface area contributed by atoms with Gasteiger partial charge in [0.15, 0.2) is 0 Å². The Balaban J connectivity index is 0.000000167. The van der Waals surface area contributed by atoms with E-state index in [1.54, 1.807) is 24.3 Å². The molecule has 10 nitrogen and oxygen atoms in total. The smallest absolute Gasteiger partial charge is 0.269 e. The third-order valence-electron chi connectivity index (χ3n) is 9.05. The predicted octanol–water partition coefficient (Wildman–Crippen LogP) is 10.7. The first-order valence-corrected chi connectivity index (χ1v) is 17.1. The fourth-order valence-electron chi connectivity index (χ4n) is 6.43. The van der Waals surface area contributed by atoms with E-state index in [1.807, 2.05) is 120 Å². The highest BCUT2D eigenvalue weighted by molar-refractivity contribution is 5.83. The number of benzene rings is 6. The van der Waals surface area contributed by atoms with Gasteiger partial charge in [-0.05, 0) is 24.3 Å². The topological polar surface area (TPSA) is 122 Å². The van der Waals surface area contributed by atoms with Crippen LogP contribution < -0.4 is 0 Å². The van der Waals surface area contributed by atoms with Gasteiger partial charge in [0, 0.05) is 71.7 Å². The standard InChI is InChI=1S/2C22H17N3O2/c2*1-24-21(17-10-6-3-7-11-17)20(16-8-4-2-5-9-16)23-22(24)18-12-14-19(15-13-18)25(26)27/h2*2-15H,1H3. The molecule has 10 heteroatoms. The molecule has 6 aromatic carbocycles. The Kier molecular flexibility index (Phi) is 9.99. The van der Waals surface area contributed by atoms with Crippen molar-refractivity contribution in [1.29, 1.82) is 0 Å². The number of nitrogens with zero attached hydrogens (tertiary/aromatic N) is 6. The van der Waals surface area contributed by atoms with Crippen LogP contribution >= 0.6 is 0 Å². The summed E-state index contributed by atoms with van der Waals surface area (Å²) in [6, 6.07) is 53.3. The van der Waals surface area contributed by atoms with Gasteiger partial charge in [-0.3, -0.25) is 20.2 Å². The van der Waals surface area contributed by atoms with Crippen molar-refractivity contribution in [3.8, 4) is 67.8 Å². The molecule has 0 fully saturated rings. The van der Waals surface area contributed by atoms with Crippen molar-refractivity contribution in [1.82, 2.24) is 19.1 Å². The summed E-state index contributed by atoms with van der Waals surface area (Å²) in [4.78, 5) is 30.9. The molecule has 8 rings (SSSR count). The number of rotatable bonds is 8. The maximum atomic E-state index is 10.9. The van der Waals surface area contributed by atoms with Gasteiger partial charge in [-0.1, -0.05) is 121 Å². The van der Waals surface area contributed by atoms with Gasteiger partial charge in [0.05, 0.1) is 32.6 Å². The Morgan fingerprint density at radius 1 is 0.389 bits per heavy atom. The van der Waals surface area contributed by atoms with Crippen molar-refractivity contribution in [2.45, 2.75) is 0 Å². The van der Waals surface area contributed by atoms with Crippen LogP contribution in [0.25, 0.3) is 67.8 Å². The molecule has 0 bridgehead atoms. The zero-order chi connectivity index (χ0) is 37.6. The highest BCUT2D eigenvalue weighted by Gasteiger charge is 2.21. The SMILES string of the molecule is Cn1c(-c2ccc([N+](=O)[O-])cc2)nc(-c2ccccc2)c1-c1ccccc1.Cn1c(-c2ccc([N+](=O)[O-])cc2)nc(-c2ccccc2)c1-c1ccccc1. The lowest BCUT2D eigenvalue weighted by Gasteiger charge is -2.08. The van der Waals surface area contributed by atoms with Crippen molar-refractivity contribution < 1.29 is 9.85 Å². The maximum absolute atomic E-state index is 10.9. The minimum atomic E-state index is -0.396. The summed E-state index contributed by atoms with van der Waals surface area (Å²) in [5, 5.41) is 21.9. The van der Waals surface area contributed by atoms with E-state index in [4.69, 9.17) is 9.97 Å². The molecule has 0 aliphatic heterocycles. The van der Waals surface area contributed by atoms with E-state index in [2.05, 4.69) is 24.3 Å². The summed E-state index contributed by atoms with van der Waals surface area (Å²) in [6.07, 6.45) is 0. The van der Waals surface area contributed by atoms with Crippen molar-refractivity contribution in [3.63, 3.8) is 0 Å². The average molecular weight is 711 g/mol. The van der Waals surface area contributed by atoms with Crippen molar-refractivity contribution in [2.75, 3.05) is 0 Å². The Bertz CT molecular complexity index is 2350. The molecule has 0 saturated carbocycles. The van der Waals surface area contributed by atoms with E-state index in [0.717, 1.165) is 67.8 Å². The van der Waals surface area contributed by atoms with Crippen LogP contribution in [0.2, 0.25) is 0 Å². The Hall–Kier alpha value is -7.46.